The Morgan fingerprint density at radius 3 is 1.21 bits per heavy atom. The maximum absolute atomic E-state index is 2.99. The first-order valence-corrected chi connectivity index (χ1v) is 7.50. The van der Waals surface area contributed by atoms with E-state index >= 15 is 0 Å². The van der Waals surface area contributed by atoms with Crippen LogP contribution < -0.4 is 24.8 Å². The number of halogens is 2. The molecule has 0 amide bonds. The van der Waals surface area contributed by atoms with Crippen LogP contribution in [-0.2, 0) is 18.2 Å². The van der Waals surface area contributed by atoms with Gasteiger partial charge in [0.25, 0.3) is 0 Å². The average Bonchev–Trinajstić information content (AvgIpc) is 2.96. The van der Waals surface area contributed by atoms with Gasteiger partial charge in [0.15, 0.2) is 0 Å². The SMILES string of the molecule is C[C](C)=[Ti]=[C](C)C.[C-]1=CC=CC1.[C-]1=CC=CC1.[Cl-].[Cl-]. The number of hydrogen-bond donors (Lipinski definition) is 0. The average molecular weight is 333 g/mol. The Balaban J connectivity index is -0.000000194. The summed E-state index contributed by atoms with van der Waals surface area (Å²) < 4.78 is 3.25. The van der Waals surface area contributed by atoms with Crippen molar-refractivity contribution >= 4 is 7.62 Å². The number of hydrogen-bond acceptors (Lipinski definition) is 0. The van der Waals surface area contributed by atoms with E-state index in [0.29, 0.717) is 0 Å². The summed E-state index contributed by atoms with van der Waals surface area (Å²) in [6.07, 6.45) is 20.0. The third kappa shape index (κ3) is 23.5. The standard InChI is InChI=1S/2C5H5.2C3H6.2ClH.Ti/c2*1-2-4-5-3-1;2*1-3-2;;;/h2*1-3H,4H2;2*1-2H3;2*1H;/q2*-1;;;;;/p-2. The minimum absolute atomic E-state index is 0. The molecule has 3 heteroatoms. The molecule has 0 unspecified atom stereocenters. The summed E-state index contributed by atoms with van der Waals surface area (Å²) in [6, 6.07) is 0. The van der Waals surface area contributed by atoms with Crippen molar-refractivity contribution in [2.75, 3.05) is 0 Å². The van der Waals surface area contributed by atoms with E-state index in [9.17, 15) is 0 Å². The smallest absolute Gasteiger partial charge is 0.109 e. The van der Waals surface area contributed by atoms with Crippen LogP contribution in [0, 0.1) is 12.2 Å². The molecule has 0 N–H and O–H groups in total. The number of rotatable bonds is 0. The van der Waals surface area contributed by atoms with Gasteiger partial charge in [0.1, 0.15) is 0 Å². The first-order chi connectivity index (χ1) is 8.13. The maximum atomic E-state index is 2.99. The van der Waals surface area contributed by atoms with Gasteiger partial charge in [0.05, 0.1) is 0 Å². The molecule has 0 aromatic carbocycles. The minimum Gasteiger partial charge on any atom is -1.00 e. The summed E-state index contributed by atoms with van der Waals surface area (Å²) >= 11 is 0.222. The molecule has 0 aromatic heterocycles. The first-order valence-electron chi connectivity index (χ1n) is 5.93. The third-order valence-corrected chi connectivity index (χ3v) is 3.23. The second kappa shape index (κ2) is 18.0. The Morgan fingerprint density at radius 2 is 1.16 bits per heavy atom. The Bertz CT molecular complexity index is 320. The van der Waals surface area contributed by atoms with Gasteiger partial charge in [0, 0.05) is 0 Å². The van der Waals surface area contributed by atoms with Crippen LogP contribution in [-0.4, -0.2) is 7.62 Å². The number of allylic oxidation sites excluding steroid dienone is 8. The summed E-state index contributed by atoms with van der Waals surface area (Å²) in [5, 5.41) is 0. The van der Waals surface area contributed by atoms with Gasteiger partial charge in [-0.3, -0.25) is 12.2 Å². The second-order valence-corrected chi connectivity index (χ2v) is 7.64. The van der Waals surface area contributed by atoms with Crippen molar-refractivity contribution in [3.8, 4) is 0 Å². The van der Waals surface area contributed by atoms with Crippen LogP contribution in [0.5, 0.6) is 0 Å². The predicted molar refractivity (Wildman–Crippen MR) is 75.9 cm³/mol. The van der Waals surface area contributed by atoms with Crippen LogP contribution in [0.2, 0.25) is 0 Å². The molecule has 0 heterocycles. The van der Waals surface area contributed by atoms with Crippen LogP contribution >= 0.6 is 0 Å². The summed E-state index contributed by atoms with van der Waals surface area (Å²) in [5.41, 5.74) is 0. The van der Waals surface area contributed by atoms with E-state index in [4.69, 9.17) is 0 Å². The van der Waals surface area contributed by atoms with Crippen molar-refractivity contribution in [3.63, 3.8) is 0 Å². The Morgan fingerprint density at radius 1 is 0.789 bits per heavy atom. The van der Waals surface area contributed by atoms with E-state index in [2.05, 4.69) is 52.0 Å². The largest absolute Gasteiger partial charge is 1.00 e. The molecule has 0 saturated heterocycles. The van der Waals surface area contributed by atoms with E-state index in [-0.39, 0.29) is 43.0 Å². The minimum atomic E-state index is 0. The van der Waals surface area contributed by atoms with Crippen LogP contribution in [0.1, 0.15) is 40.5 Å². The van der Waals surface area contributed by atoms with Crippen molar-refractivity contribution in [3.05, 3.63) is 48.6 Å². The van der Waals surface area contributed by atoms with Crippen molar-refractivity contribution in [1.82, 2.24) is 0 Å². The zero-order chi connectivity index (χ0) is 12.9. The maximum Gasteiger partial charge on any atom is -0.109 e. The molecule has 0 fully saturated rings. The third-order valence-electron chi connectivity index (χ3n) is 1.67. The molecule has 2 rings (SSSR count). The van der Waals surface area contributed by atoms with Gasteiger partial charge in [-0.25, -0.2) is 24.3 Å². The van der Waals surface area contributed by atoms with E-state index in [0.717, 1.165) is 12.8 Å². The summed E-state index contributed by atoms with van der Waals surface area (Å²) in [6.45, 7) is 8.86. The molecule has 0 nitrogen and oxygen atoms in total. The van der Waals surface area contributed by atoms with Gasteiger partial charge >= 0.3 is 53.5 Å². The van der Waals surface area contributed by atoms with Crippen LogP contribution in [0.4, 0.5) is 0 Å². The summed E-state index contributed by atoms with van der Waals surface area (Å²) in [4.78, 5) is 0. The molecule has 2 aliphatic rings. The van der Waals surface area contributed by atoms with Gasteiger partial charge in [-0.1, -0.05) is 0 Å². The van der Waals surface area contributed by atoms with E-state index in [1.165, 1.54) is 0 Å². The van der Waals surface area contributed by atoms with Crippen molar-refractivity contribution in [2.45, 2.75) is 40.5 Å². The Labute approximate surface area is 139 Å². The molecule has 0 aliphatic heterocycles. The molecule has 2 aliphatic carbocycles. The topological polar surface area (TPSA) is 0 Å². The van der Waals surface area contributed by atoms with Crippen molar-refractivity contribution < 1.29 is 43.0 Å². The summed E-state index contributed by atoms with van der Waals surface area (Å²) in [5.74, 6) is 0. The van der Waals surface area contributed by atoms with Gasteiger partial charge < -0.3 is 24.8 Å². The fraction of sp³-hybridized carbons (Fsp3) is 0.375. The van der Waals surface area contributed by atoms with Crippen molar-refractivity contribution in [1.29, 1.82) is 0 Å². The molecule has 108 valence electrons. The zero-order valence-electron chi connectivity index (χ0n) is 12.1. The molecule has 0 bridgehead atoms. The zero-order valence-corrected chi connectivity index (χ0v) is 15.2. The van der Waals surface area contributed by atoms with Gasteiger partial charge in [-0.15, -0.1) is 12.8 Å². The van der Waals surface area contributed by atoms with Crippen molar-refractivity contribution in [2.24, 2.45) is 0 Å². The normalized spacial score (nSPS) is 12.0. The van der Waals surface area contributed by atoms with E-state index in [1.54, 1.807) is 7.62 Å². The van der Waals surface area contributed by atoms with Crippen LogP contribution in [0.15, 0.2) is 36.5 Å². The molecule has 0 radical (unpaired) electrons. The van der Waals surface area contributed by atoms with Crippen LogP contribution in [0.3, 0.4) is 0 Å². The Hall–Kier alpha value is -0.00571. The van der Waals surface area contributed by atoms with E-state index in [1.807, 2.05) is 24.3 Å². The fourth-order valence-corrected chi connectivity index (χ4v) is 2.74. The first kappa shape index (κ1) is 24.0. The fourth-order valence-electron chi connectivity index (χ4n) is 1.18. The molecule has 0 saturated carbocycles. The van der Waals surface area contributed by atoms with Gasteiger partial charge in [-0.05, 0) is 0 Å². The molecule has 0 atom stereocenters. The quantitative estimate of drug-likeness (QED) is 0.359. The van der Waals surface area contributed by atoms with Crippen LogP contribution in [0.25, 0.3) is 0 Å². The molecular weight excluding hydrogens is 311 g/mol. The van der Waals surface area contributed by atoms with Gasteiger partial charge in [0.2, 0.25) is 0 Å². The second-order valence-electron chi connectivity index (χ2n) is 4.13. The predicted octanol–water partition coefficient (Wildman–Crippen LogP) is -1.89. The Kier molecular flexibility index (Phi) is 22.8. The molecule has 0 aromatic rings. The molecule has 19 heavy (non-hydrogen) atoms. The van der Waals surface area contributed by atoms with Gasteiger partial charge in [-0.2, -0.15) is 12.2 Å². The molecule has 0 spiro atoms. The monoisotopic (exact) mass is 332 g/mol. The summed E-state index contributed by atoms with van der Waals surface area (Å²) in [7, 11) is 0. The van der Waals surface area contributed by atoms with E-state index < -0.39 is 0 Å². The molecular formula is C16H22Cl2Ti-4.